The molecule has 1 aliphatic rings. The van der Waals surface area contributed by atoms with Crippen molar-refractivity contribution in [1.29, 1.82) is 0 Å². The lowest BCUT2D eigenvalue weighted by Crippen LogP contribution is -2.19. The molecule has 0 nitrogen and oxygen atoms in total. The van der Waals surface area contributed by atoms with Crippen LogP contribution in [0.3, 0.4) is 0 Å². The highest BCUT2D eigenvalue weighted by Gasteiger charge is 2.26. The second kappa shape index (κ2) is 19.0. The van der Waals surface area contributed by atoms with E-state index in [0.29, 0.717) is 0 Å². The molecular weight excluding hydrogens is 480 g/mol. The number of allylic oxidation sites excluding steroid dienone is 24. The van der Waals surface area contributed by atoms with E-state index in [1.165, 1.54) is 58.3 Å². The molecule has 0 spiro atoms. The Balaban J connectivity index is 2.58. The van der Waals surface area contributed by atoms with Gasteiger partial charge in [-0.05, 0) is 98.5 Å². The molecule has 1 aliphatic carbocycles. The van der Waals surface area contributed by atoms with Crippen LogP contribution in [0.1, 0.15) is 101 Å². The summed E-state index contributed by atoms with van der Waals surface area (Å²) in [6.07, 6.45) is 40.9. The lowest BCUT2D eigenvalue weighted by molar-refractivity contribution is 0.377. The Morgan fingerprint density at radius 1 is 0.650 bits per heavy atom. The van der Waals surface area contributed by atoms with Crippen LogP contribution in [-0.4, -0.2) is 0 Å². The number of hydrogen-bond acceptors (Lipinski definition) is 0. The minimum Gasteiger partial charge on any atom is -0.0856 e. The van der Waals surface area contributed by atoms with E-state index in [1.807, 2.05) is 0 Å². The fraction of sp³-hybridized carbons (Fsp3) is 0.400. The van der Waals surface area contributed by atoms with Gasteiger partial charge in [0, 0.05) is 0 Å². The summed E-state index contributed by atoms with van der Waals surface area (Å²) in [6, 6.07) is 0. The molecule has 0 bridgehead atoms. The van der Waals surface area contributed by atoms with Gasteiger partial charge in [0.1, 0.15) is 0 Å². The highest BCUT2D eigenvalue weighted by atomic mass is 14.3. The van der Waals surface area contributed by atoms with Crippen molar-refractivity contribution in [2.24, 2.45) is 5.41 Å². The Hall–Kier alpha value is -3.12. The summed E-state index contributed by atoms with van der Waals surface area (Å²) >= 11 is 0. The van der Waals surface area contributed by atoms with Gasteiger partial charge >= 0.3 is 0 Å². The Labute approximate surface area is 248 Å². The molecule has 40 heavy (non-hydrogen) atoms. The quantitative estimate of drug-likeness (QED) is 0.162. The maximum Gasteiger partial charge on any atom is -0.0104 e. The van der Waals surface area contributed by atoms with Crippen LogP contribution < -0.4 is 0 Å². The Bertz CT molecular complexity index is 1180. The predicted molar refractivity (Wildman–Crippen MR) is 183 cm³/mol. The zero-order chi connectivity index (χ0) is 30.0. The average molecular weight is 537 g/mol. The van der Waals surface area contributed by atoms with Crippen LogP contribution in [0.15, 0.2) is 142 Å². The summed E-state index contributed by atoms with van der Waals surface area (Å²) in [6.45, 7) is 22.1. The van der Waals surface area contributed by atoms with E-state index in [4.69, 9.17) is 0 Å². The van der Waals surface area contributed by atoms with Crippen LogP contribution >= 0.6 is 0 Å². The molecule has 0 N–H and O–H groups in total. The molecule has 0 aromatic carbocycles. The third-order valence-electron chi connectivity index (χ3n) is 7.15. The normalized spacial score (nSPS) is 18.5. The highest BCUT2D eigenvalue weighted by Crippen LogP contribution is 2.40. The molecule has 216 valence electrons. The van der Waals surface area contributed by atoms with Crippen LogP contribution in [0.25, 0.3) is 0 Å². The van der Waals surface area contributed by atoms with Crippen LogP contribution in [0.5, 0.6) is 0 Å². The molecule has 1 rings (SSSR count). The van der Waals surface area contributed by atoms with Crippen molar-refractivity contribution in [3.8, 4) is 0 Å². The molecule has 0 aromatic rings. The van der Waals surface area contributed by atoms with Gasteiger partial charge in [0.05, 0.1) is 0 Å². The first-order valence-corrected chi connectivity index (χ1v) is 15.0. The minimum absolute atomic E-state index is 0.290. The molecular formula is C40H56. The van der Waals surface area contributed by atoms with Gasteiger partial charge in [0.2, 0.25) is 0 Å². The predicted octanol–water partition coefficient (Wildman–Crippen LogP) is 12.8. The van der Waals surface area contributed by atoms with E-state index in [-0.39, 0.29) is 5.41 Å². The molecule has 0 saturated carbocycles. The molecule has 0 amide bonds. The molecule has 0 heteroatoms. The minimum atomic E-state index is 0.290. The number of rotatable bonds is 13. The monoisotopic (exact) mass is 536 g/mol. The van der Waals surface area contributed by atoms with Gasteiger partial charge in [-0.1, -0.05) is 150 Å². The zero-order valence-corrected chi connectivity index (χ0v) is 27.3. The van der Waals surface area contributed by atoms with Crippen molar-refractivity contribution in [2.75, 3.05) is 0 Å². The molecule has 0 fully saturated rings. The molecule has 0 unspecified atom stereocenters. The van der Waals surface area contributed by atoms with Gasteiger partial charge in [-0.15, -0.1) is 0 Å². The largest absolute Gasteiger partial charge is 0.0856 e. The van der Waals surface area contributed by atoms with Gasteiger partial charge < -0.3 is 0 Å². The van der Waals surface area contributed by atoms with Crippen LogP contribution in [0.4, 0.5) is 0 Å². The van der Waals surface area contributed by atoms with Gasteiger partial charge in [-0.25, -0.2) is 0 Å². The van der Waals surface area contributed by atoms with Gasteiger partial charge in [-0.3, -0.25) is 0 Å². The molecule has 0 radical (unpaired) electrons. The summed E-state index contributed by atoms with van der Waals surface area (Å²) in [7, 11) is 0. The highest BCUT2D eigenvalue weighted by molar-refractivity contribution is 5.37. The van der Waals surface area contributed by atoms with Crippen LogP contribution in [0, 0.1) is 5.41 Å². The molecule has 0 atom stereocenters. The van der Waals surface area contributed by atoms with Crippen LogP contribution in [0.2, 0.25) is 0 Å². The first kappa shape index (κ1) is 34.9. The fourth-order valence-corrected chi connectivity index (χ4v) is 4.60. The lowest BCUT2D eigenvalue weighted by atomic mass is 9.72. The molecule has 0 aliphatic heterocycles. The van der Waals surface area contributed by atoms with E-state index in [9.17, 15) is 0 Å². The van der Waals surface area contributed by atoms with Gasteiger partial charge in [0.25, 0.3) is 0 Å². The van der Waals surface area contributed by atoms with Crippen molar-refractivity contribution in [3.63, 3.8) is 0 Å². The first-order chi connectivity index (χ1) is 18.9. The zero-order valence-electron chi connectivity index (χ0n) is 27.3. The summed E-state index contributed by atoms with van der Waals surface area (Å²) in [5.74, 6) is 0. The van der Waals surface area contributed by atoms with Crippen LogP contribution in [-0.2, 0) is 0 Å². The molecule has 0 aromatic heterocycles. The number of hydrogen-bond donors (Lipinski definition) is 0. The van der Waals surface area contributed by atoms with Crippen molar-refractivity contribution in [1.82, 2.24) is 0 Å². The third kappa shape index (κ3) is 16.1. The van der Waals surface area contributed by atoms with E-state index in [1.54, 1.807) is 5.57 Å². The third-order valence-corrected chi connectivity index (χ3v) is 7.15. The molecule has 0 heterocycles. The Kier molecular flexibility index (Phi) is 16.6. The van der Waals surface area contributed by atoms with Crippen molar-refractivity contribution < 1.29 is 0 Å². The smallest absolute Gasteiger partial charge is 0.0104 e. The summed E-state index contributed by atoms with van der Waals surface area (Å²) < 4.78 is 0. The molecule has 0 saturated heterocycles. The van der Waals surface area contributed by atoms with Crippen molar-refractivity contribution in [2.45, 2.75) is 101 Å². The average Bonchev–Trinajstić information content (AvgIpc) is 2.85. The van der Waals surface area contributed by atoms with Gasteiger partial charge in [-0.2, -0.15) is 0 Å². The SMILES string of the molecule is CC(C)=CCCC(C)=CC=CC(C)=CC=CC(C)=CC=CC=C(C)C=CC=C(C)C=CC1=C(C)CCCC1(C)C. The summed E-state index contributed by atoms with van der Waals surface area (Å²) in [4.78, 5) is 0. The van der Waals surface area contributed by atoms with E-state index in [0.717, 1.165) is 12.8 Å². The van der Waals surface area contributed by atoms with Crippen molar-refractivity contribution in [3.05, 3.63) is 142 Å². The summed E-state index contributed by atoms with van der Waals surface area (Å²) in [5.41, 5.74) is 11.1. The van der Waals surface area contributed by atoms with Crippen molar-refractivity contribution >= 4 is 0 Å². The second-order valence-corrected chi connectivity index (χ2v) is 12.2. The topological polar surface area (TPSA) is 0 Å². The lowest BCUT2D eigenvalue weighted by Gasteiger charge is -2.32. The van der Waals surface area contributed by atoms with Gasteiger partial charge in [0.15, 0.2) is 0 Å². The Morgan fingerprint density at radius 3 is 1.62 bits per heavy atom. The standard InChI is InChI=1S/C40H56/c1-32(2)18-13-21-35(5)24-15-26-36(6)25-14-22-33(3)19-11-12-20-34(4)23-16-27-37(7)29-30-39-38(8)28-17-31-40(39,9)10/h11-12,14-16,18-20,22-27,29-30H,13,17,21,28,31H2,1-10H3. The van der Waals surface area contributed by atoms with E-state index in [2.05, 4.69) is 166 Å². The second-order valence-electron chi connectivity index (χ2n) is 12.2. The summed E-state index contributed by atoms with van der Waals surface area (Å²) in [5, 5.41) is 0. The maximum atomic E-state index is 2.37. The van der Waals surface area contributed by atoms with E-state index >= 15 is 0 Å². The Morgan fingerprint density at radius 2 is 1.12 bits per heavy atom. The maximum absolute atomic E-state index is 2.37. The van der Waals surface area contributed by atoms with E-state index < -0.39 is 0 Å². The fourth-order valence-electron chi connectivity index (χ4n) is 4.60. The first-order valence-electron chi connectivity index (χ1n) is 15.0.